The van der Waals surface area contributed by atoms with Crippen molar-refractivity contribution >= 4 is 40.4 Å². The molecule has 4 amide bonds. The number of hydrogen-bond donors (Lipinski definition) is 0. The number of urea groups is 1. The predicted molar refractivity (Wildman–Crippen MR) is 94.7 cm³/mol. The fraction of sp³-hybridized carbons (Fsp3) is 0.333. The Morgan fingerprint density at radius 1 is 1.04 bits per heavy atom. The van der Waals surface area contributed by atoms with Gasteiger partial charge >= 0.3 is 23.5 Å². The number of imide groups is 2. The lowest BCUT2D eigenvalue weighted by atomic mass is 10.1. The minimum atomic E-state index is -0.907. The molecule has 1 aliphatic heterocycles. The van der Waals surface area contributed by atoms with Crippen molar-refractivity contribution in [2.24, 2.45) is 5.92 Å². The van der Waals surface area contributed by atoms with Crippen molar-refractivity contribution in [3.63, 3.8) is 0 Å². The maximum absolute atomic E-state index is 12.5. The number of carbonyl (C=O) groups is 3. The van der Waals surface area contributed by atoms with E-state index in [2.05, 4.69) is 0 Å². The van der Waals surface area contributed by atoms with Crippen LogP contribution in [0, 0.1) is 12.8 Å². The zero-order valence-electron chi connectivity index (χ0n) is 14.5. The molecule has 136 valence electrons. The third kappa shape index (κ3) is 3.10. The van der Waals surface area contributed by atoms with Gasteiger partial charge in [0.1, 0.15) is 5.58 Å². The summed E-state index contributed by atoms with van der Waals surface area (Å²) in [4.78, 5) is 50.4. The molecule has 0 spiro atoms. The van der Waals surface area contributed by atoms with Crippen molar-refractivity contribution in [3.05, 3.63) is 44.8 Å². The van der Waals surface area contributed by atoms with Crippen LogP contribution in [-0.4, -0.2) is 34.2 Å². The molecular formula is C18H17ClN2O5. The van der Waals surface area contributed by atoms with Gasteiger partial charge < -0.3 is 4.42 Å². The van der Waals surface area contributed by atoms with Gasteiger partial charge in [0.15, 0.2) is 0 Å². The van der Waals surface area contributed by atoms with E-state index in [0.29, 0.717) is 21.6 Å². The Morgan fingerprint density at radius 2 is 1.69 bits per heavy atom. The van der Waals surface area contributed by atoms with E-state index in [9.17, 15) is 19.2 Å². The van der Waals surface area contributed by atoms with Crippen molar-refractivity contribution in [2.75, 3.05) is 6.54 Å². The molecule has 0 N–H and O–H groups in total. The molecule has 3 rings (SSSR count). The van der Waals surface area contributed by atoms with Gasteiger partial charge in [-0.25, -0.2) is 9.59 Å². The molecule has 1 aromatic heterocycles. The molecule has 0 bridgehead atoms. The highest BCUT2D eigenvalue weighted by Crippen LogP contribution is 2.27. The first-order chi connectivity index (χ1) is 12.2. The zero-order valence-corrected chi connectivity index (χ0v) is 15.3. The van der Waals surface area contributed by atoms with Gasteiger partial charge in [-0.2, -0.15) is 0 Å². The maximum atomic E-state index is 12.5. The second-order valence-electron chi connectivity index (χ2n) is 6.67. The molecule has 0 saturated carbocycles. The number of benzene rings is 1. The molecule has 0 radical (unpaired) electrons. The second kappa shape index (κ2) is 6.57. The standard InChI is InChI=1S/C18H17ClN2O5/c1-9(2)7-20-16(23)17(24)21(18(20)25)8-11-5-15(22)26-14-4-10(3)13(19)6-12(11)14/h4-6,9H,7-8H2,1-3H3. The Balaban J connectivity index is 2.02. The Bertz CT molecular complexity index is 995. The van der Waals surface area contributed by atoms with Gasteiger partial charge in [-0.15, -0.1) is 0 Å². The molecule has 1 aromatic carbocycles. The van der Waals surface area contributed by atoms with Crippen molar-refractivity contribution < 1.29 is 18.8 Å². The van der Waals surface area contributed by atoms with E-state index >= 15 is 0 Å². The first-order valence-corrected chi connectivity index (χ1v) is 8.47. The third-order valence-corrected chi connectivity index (χ3v) is 4.53. The highest BCUT2D eigenvalue weighted by Gasteiger charge is 2.44. The largest absolute Gasteiger partial charge is 0.423 e. The number of hydrogen-bond acceptors (Lipinski definition) is 5. The first-order valence-electron chi connectivity index (χ1n) is 8.09. The molecule has 0 unspecified atom stereocenters. The quantitative estimate of drug-likeness (QED) is 0.465. The summed E-state index contributed by atoms with van der Waals surface area (Å²) in [5, 5.41) is 0.972. The number of carbonyl (C=O) groups excluding carboxylic acids is 3. The van der Waals surface area contributed by atoms with Gasteiger partial charge in [0.2, 0.25) is 0 Å². The Labute approximate surface area is 154 Å². The molecule has 2 heterocycles. The summed E-state index contributed by atoms with van der Waals surface area (Å²) < 4.78 is 5.17. The predicted octanol–water partition coefficient (Wildman–Crippen LogP) is 2.70. The average molecular weight is 377 g/mol. The summed E-state index contributed by atoms with van der Waals surface area (Å²) in [6, 6.07) is 3.74. The SMILES string of the molecule is Cc1cc2oc(=O)cc(CN3C(=O)C(=O)N(CC(C)C)C3=O)c2cc1Cl. The molecule has 0 aliphatic carbocycles. The average Bonchev–Trinajstić information content (AvgIpc) is 2.74. The molecule has 8 heteroatoms. The summed E-state index contributed by atoms with van der Waals surface area (Å²) in [6.45, 7) is 5.40. The van der Waals surface area contributed by atoms with Gasteiger partial charge in [-0.1, -0.05) is 25.4 Å². The van der Waals surface area contributed by atoms with Crippen LogP contribution in [0.3, 0.4) is 0 Å². The molecule has 1 aliphatic rings. The van der Waals surface area contributed by atoms with Gasteiger partial charge in [0.25, 0.3) is 0 Å². The Kier molecular flexibility index (Phi) is 4.58. The minimum absolute atomic E-state index is 0.0297. The molecular weight excluding hydrogens is 360 g/mol. The van der Waals surface area contributed by atoms with Crippen LogP contribution in [0.1, 0.15) is 25.0 Å². The van der Waals surface area contributed by atoms with Gasteiger partial charge in [0.05, 0.1) is 6.54 Å². The summed E-state index contributed by atoms with van der Waals surface area (Å²) in [7, 11) is 0. The van der Waals surface area contributed by atoms with Gasteiger partial charge in [0, 0.05) is 23.0 Å². The van der Waals surface area contributed by atoms with Crippen molar-refractivity contribution in [3.8, 4) is 0 Å². The number of nitrogens with zero attached hydrogens (tertiary/aromatic N) is 2. The first kappa shape index (κ1) is 18.1. The number of aryl methyl sites for hydroxylation is 1. The van der Waals surface area contributed by atoms with Crippen LogP contribution in [-0.2, 0) is 16.1 Å². The van der Waals surface area contributed by atoms with Crippen LogP contribution >= 0.6 is 11.6 Å². The minimum Gasteiger partial charge on any atom is -0.423 e. The lowest BCUT2D eigenvalue weighted by molar-refractivity contribution is -0.143. The fourth-order valence-corrected chi connectivity index (χ4v) is 3.03. The lowest BCUT2D eigenvalue weighted by Gasteiger charge is -2.17. The normalized spacial score (nSPS) is 15.0. The lowest BCUT2D eigenvalue weighted by Crippen LogP contribution is -2.35. The van der Waals surface area contributed by atoms with Gasteiger partial charge in [-0.3, -0.25) is 19.4 Å². The monoisotopic (exact) mass is 376 g/mol. The van der Waals surface area contributed by atoms with E-state index in [4.69, 9.17) is 16.0 Å². The summed E-state index contributed by atoms with van der Waals surface area (Å²) >= 11 is 6.15. The van der Waals surface area contributed by atoms with Crippen LogP contribution in [0.15, 0.2) is 27.4 Å². The molecule has 7 nitrogen and oxygen atoms in total. The van der Waals surface area contributed by atoms with E-state index in [-0.39, 0.29) is 19.0 Å². The summed E-state index contributed by atoms with van der Waals surface area (Å²) in [5.41, 5.74) is 0.808. The summed E-state index contributed by atoms with van der Waals surface area (Å²) in [6.07, 6.45) is 0. The maximum Gasteiger partial charge on any atom is 0.336 e. The van der Waals surface area contributed by atoms with Crippen LogP contribution in [0.2, 0.25) is 5.02 Å². The van der Waals surface area contributed by atoms with Crippen LogP contribution < -0.4 is 5.63 Å². The van der Waals surface area contributed by atoms with E-state index in [1.54, 1.807) is 19.1 Å². The third-order valence-electron chi connectivity index (χ3n) is 4.12. The van der Waals surface area contributed by atoms with E-state index in [1.807, 2.05) is 13.8 Å². The topological polar surface area (TPSA) is 87.9 Å². The number of amides is 4. The van der Waals surface area contributed by atoms with E-state index < -0.39 is 23.5 Å². The zero-order chi connectivity index (χ0) is 19.2. The molecule has 0 atom stereocenters. The smallest absolute Gasteiger partial charge is 0.336 e. The van der Waals surface area contributed by atoms with E-state index in [0.717, 1.165) is 15.4 Å². The molecule has 2 aromatic rings. The Hall–Kier alpha value is -2.67. The Morgan fingerprint density at radius 3 is 2.35 bits per heavy atom. The van der Waals surface area contributed by atoms with Crippen LogP contribution in [0.4, 0.5) is 4.79 Å². The second-order valence-corrected chi connectivity index (χ2v) is 7.08. The van der Waals surface area contributed by atoms with E-state index in [1.165, 1.54) is 6.07 Å². The molecule has 1 saturated heterocycles. The van der Waals surface area contributed by atoms with Crippen molar-refractivity contribution in [1.29, 1.82) is 0 Å². The number of fused-ring (bicyclic) bond motifs is 1. The van der Waals surface area contributed by atoms with Crippen LogP contribution in [0.25, 0.3) is 11.0 Å². The molecule has 26 heavy (non-hydrogen) atoms. The van der Waals surface area contributed by atoms with Crippen molar-refractivity contribution in [2.45, 2.75) is 27.3 Å². The van der Waals surface area contributed by atoms with Crippen molar-refractivity contribution in [1.82, 2.24) is 9.80 Å². The fourth-order valence-electron chi connectivity index (χ4n) is 2.87. The highest BCUT2D eigenvalue weighted by molar-refractivity contribution is 6.44. The van der Waals surface area contributed by atoms with Gasteiger partial charge in [-0.05, 0) is 36.1 Å². The molecule has 1 fully saturated rings. The van der Waals surface area contributed by atoms with Crippen LogP contribution in [0.5, 0.6) is 0 Å². The number of halogens is 1. The highest BCUT2D eigenvalue weighted by atomic mass is 35.5. The summed E-state index contributed by atoms with van der Waals surface area (Å²) in [5.74, 6) is -1.73. The number of rotatable bonds is 4.